The van der Waals surface area contributed by atoms with Crippen molar-refractivity contribution >= 4 is 5.91 Å². The van der Waals surface area contributed by atoms with Gasteiger partial charge < -0.3 is 5.73 Å². The van der Waals surface area contributed by atoms with Crippen molar-refractivity contribution in [3.8, 4) is 0 Å². The molecular weight excluding hydrogens is 216 g/mol. The summed E-state index contributed by atoms with van der Waals surface area (Å²) in [5.74, 6) is -0.362. The van der Waals surface area contributed by atoms with Crippen molar-refractivity contribution in [1.29, 1.82) is 0 Å². The number of amides is 1. The molecule has 1 heterocycles. The summed E-state index contributed by atoms with van der Waals surface area (Å²) >= 11 is 0. The molecule has 0 aliphatic carbocycles. The fourth-order valence-electron chi connectivity index (χ4n) is 1.97. The molecule has 0 bridgehead atoms. The highest BCUT2D eigenvalue weighted by Gasteiger charge is 2.32. The van der Waals surface area contributed by atoms with Crippen molar-refractivity contribution in [2.45, 2.75) is 52.7 Å². The summed E-state index contributed by atoms with van der Waals surface area (Å²) in [6.45, 7) is 10.1. The van der Waals surface area contributed by atoms with E-state index in [0.717, 1.165) is 11.4 Å². The lowest BCUT2D eigenvalue weighted by Crippen LogP contribution is -2.58. The van der Waals surface area contributed by atoms with Crippen LogP contribution in [0.5, 0.6) is 0 Å². The van der Waals surface area contributed by atoms with Gasteiger partial charge in [0.15, 0.2) is 0 Å². The van der Waals surface area contributed by atoms with Crippen LogP contribution in [-0.4, -0.2) is 27.3 Å². The molecule has 5 heteroatoms. The lowest BCUT2D eigenvalue weighted by Gasteiger charge is -2.30. The summed E-state index contributed by atoms with van der Waals surface area (Å²) in [5, 5.41) is 7.56. The summed E-state index contributed by atoms with van der Waals surface area (Å²) in [6, 6.07) is 2.17. The maximum Gasteiger partial charge on any atom is 0.239 e. The van der Waals surface area contributed by atoms with Gasteiger partial charge in [-0.05, 0) is 40.7 Å². The van der Waals surface area contributed by atoms with Crippen molar-refractivity contribution in [2.75, 3.05) is 0 Å². The number of carbonyl (C=O) groups is 1. The van der Waals surface area contributed by atoms with E-state index in [1.807, 2.05) is 45.4 Å². The second kappa shape index (κ2) is 4.87. The first-order valence-corrected chi connectivity index (χ1v) is 5.83. The molecule has 0 spiro atoms. The number of aryl methyl sites for hydroxylation is 2. The fraction of sp³-hybridized carbons (Fsp3) is 0.667. The van der Waals surface area contributed by atoms with Gasteiger partial charge >= 0.3 is 0 Å². The Morgan fingerprint density at radius 1 is 1.59 bits per heavy atom. The lowest BCUT2D eigenvalue weighted by molar-refractivity contribution is -0.124. The molecule has 1 rings (SSSR count). The summed E-state index contributed by atoms with van der Waals surface area (Å²) < 4.78 is 1.81. The monoisotopic (exact) mass is 238 g/mol. The van der Waals surface area contributed by atoms with E-state index in [1.165, 1.54) is 0 Å². The van der Waals surface area contributed by atoms with E-state index in [-0.39, 0.29) is 11.9 Å². The Balaban J connectivity index is 2.94. The van der Waals surface area contributed by atoms with Crippen molar-refractivity contribution < 1.29 is 4.79 Å². The summed E-state index contributed by atoms with van der Waals surface area (Å²) in [4.78, 5) is 11.6. The maximum absolute atomic E-state index is 11.6. The lowest BCUT2D eigenvalue weighted by atomic mass is 10.0. The number of nitrogens with two attached hydrogens (primary N) is 1. The van der Waals surface area contributed by atoms with Crippen molar-refractivity contribution in [2.24, 2.45) is 5.73 Å². The van der Waals surface area contributed by atoms with Gasteiger partial charge in [0.2, 0.25) is 5.91 Å². The van der Waals surface area contributed by atoms with Crippen LogP contribution >= 0.6 is 0 Å². The van der Waals surface area contributed by atoms with Gasteiger partial charge in [-0.25, -0.2) is 0 Å². The van der Waals surface area contributed by atoms with Crippen LogP contribution in [0.3, 0.4) is 0 Å². The number of nitrogens with one attached hydrogen (secondary N) is 1. The van der Waals surface area contributed by atoms with E-state index in [4.69, 9.17) is 5.73 Å². The van der Waals surface area contributed by atoms with Gasteiger partial charge in [0, 0.05) is 11.7 Å². The summed E-state index contributed by atoms with van der Waals surface area (Å²) in [5.41, 5.74) is 6.67. The third-order valence-electron chi connectivity index (χ3n) is 2.72. The van der Waals surface area contributed by atoms with Crippen LogP contribution in [0.25, 0.3) is 0 Å². The second-order valence-electron chi connectivity index (χ2n) is 5.08. The molecule has 5 nitrogen and oxygen atoms in total. The van der Waals surface area contributed by atoms with E-state index in [2.05, 4.69) is 10.4 Å². The minimum absolute atomic E-state index is 0.185. The second-order valence-corrected chi connectivity index (χ2v) is 5.08. The number of nitrogens with zero attached hydrogens (tertiary/aromatic N) is 2. The Kier molecular flexibility index (Phi) is 3.93. The molecule has 0 fully saturated rings. The Bertz CT molecular complexity index is 411. The van der Waals surface area contributed by atoms with Gasteiger partial charge in [-0.15, -0.1) is 0 Å². The van der Waals surface area contributed by atoms with Gasteiger partial charge in [0.25, 0.3) is 0 Å². The normalized spacial score (nSPS) is 14.9. The smallest absolute Gasteiger partial charge is 0.239 e. The fourth-order valence-corrected chi connectivity index (χ4v) is 1.97. The predicted octanol–water partition coefficient (Wildman–Crippen LogP) is 0.742. The van der Waals surface area contributed by atoms with Gasteiger partial charge in [0.1, 0.15) is 5.54 Å². The zero-order chi connectivity index (χ0) is 13.2. The number of hydrogen-bond donors (Lipinski definition) is 2. The van der Waals surface area contributed by atoms with Crippen molar-refractivity contribution in [3.63, 3.8) is 0 Å². The minimum Gasteiger partial charge on any atom is -0.368 e. The van der Waals surface area contributed by atoms with Gasteiger partial charge in [-0.2, -0.15) is 5.10 Å². The molecule has 0 radical (unpaired) electrons. The molecule has 1 unspecified atom stereocenters. The average Bonchev–Trinajstić information content (AvgIpc) is 2.43. The zero-order valence-corrected chi connectivity index (χ0v) is 11.2. The number of primary amides is 1. The maximum atomic E-state index is 11.6. The van der Waals surface area contributed by atoms with Crippen LogP contribution in [0.15, 0.2) is 6.07 Å². The third kappa shape index (κ3) is 3.30. The molecule has 3 N–H and O–H groups in total. The molecule has 1 aromatic rings. The quantitative estimate of drug-likeness (QED) is 0.794. The molecule has 0 aliphatic heterocycles. The SMILES string of the molecule is Cc1cc(C)n(CC(C)(NC(C)C)C(N)=O)n1. The van der Waals surface area contributed by atoms with Gasteiger partial charge in [-0.3, -0.25) is 14.8 Å². The molecule has 17 heavy (non-hydrogen) atoms. The van der Waals surface area contributed by atoms with Crippen LogP contribution in [0.2, 0.25) is 0 Å². The van der Waals surface area contributed by atoms with Crippen LogP contribution in [0.1, 0.15) is 32.2 Å². The Morgan fingerprint density at radius 3 is 2.53 bits per heavy atom. The zero-order valence-electron chi connectivity index (χ0n) is 11.2. The summed E-state index contributed by atoms with van der Waals surface area (Å²) in [6.07, 6.45) is 0. The minimum atomic E-state index is -0.780. The molecule has 1 atom stereocenters. The number of hydrogen-bond acceptors (Lipinski definition) is 3. The number of rotatable bonds is 5. The van der Waals surface area contributed by atoms with E-state index in [1.54, 1.807) is 0 Å². The molecule has 0 aromatic carbocycles. The molecule has 1 amide bonds. The topological polar surface area (TPSA) is 72.9 Å². The Hall–Kier alpha value is -1.36. The largest absolute Gasteiger partial charge is 0.368 e. The number of carbonyl (C=O) groups excluding carboxylic acids is 1. The van der Waals surface area contributed by atoms with Crippen molar-refractivity contribution in [1.82, 2.24) is 15.1 Å². The van der Waals surface area contributed by atoms with Gasteiger partial charge in [-0.1, -0.05) is 0 Å². The van der Waals surface area contributed by atoms with E-state index < -0.39 is 5.54 Å². The molecular formula is C12H22N4O. The van der Waals surface area contributed by atoms with Crippen LogP contribution in [-0.2, 0) is 11.3 Å². The Labute approximate surface area is 102 Å². The van der Waals surface area contributed by atoms with E-state index in [0.29, 0.717) is 6.54 Å². The number of aromatic nitrogens is 2. The Morgan fingerprint density at radius 2 is 2.18 bits per heavy atom. The molecule has 96 valence electrons. The highest BCUT2D eigenvalue weighted by atomic mass is 16.1. The first kappa shape index (κ1) is 13.7. The van der Waals surface area contributed by atoms with Crippen LogP contribution in [0.4, 0.5) is 0 Å². The first-order valence-electron chi connectivity index (χ1n) is 5.83. The highest BCUT2D eigenvalue weighted by Crippen LogP contribution is 2.11. The van der Waals surface area contributed by atoms with E-state index >= 15 is 0 Å². The standard InChI is InChI=1S/C12H22N4O/c1-8(2)14-12(5,11(13)17)7-16-10(4)6-9(3)15-16/h6,8,14H,7H2,1-5H3,(H2,13,17). The van der Waals surface area contributed by atoms with Crippen molar-refractivity contribution in [3.05, 3.63) is 17.5 Å². The molecule has 1 aromatic heterocycles. The highest BCUT2D eigenvalue weighted by molar-refractivity contribution is 5.84. The van der Waals surface area contributed by atoms with E-state index in [9.17, 15) is 4.79 Å². The summed E-state index contributed by atoms with van der Waals surface area (Å²) in [7, 11) is 0. The molecule has 0 aliphatic rings. The average molecular weight is 238 g/mol. The molecule has 0 saturated carbocycles. The third-order valence-corrected chi connectivity index (χ3v) is 2.72. The van der Waals surface area contributed by atoms with Crippen LogP contribution < -0.4 is 11.1 Å². The predicted molar refractivity (Wildman–Crippen MR) is 67.6 cm³/mol. The first-order chi connectivity index (χ1) is 7.74. The van der Waals surface area contributed by atoms with Gasteiger partial charge in [0.05, 0.1) is 12.2 Å². The molecule has 0 saturated heterocycles. The van der Waals surface area contributed by atoms with Crippen LogP contribution in [0, 0.1) is 13.8 Å².